The molecular weight excluding hydrogens is 320 g/mol. The lowest BCUT2D eigenvalue weighted by atomic mass is 9.95. The molecule has 4 nitrogen and oxygen atoms in total. The largest absolute Gasteiger partial charge is 0.345 e. The summed E-state index contributed by atoms with van der Waals surface area (Å²) >= 11 is 3.38. The van der Waals surface area contributed by atoms with E-state index >= 15 is 0 Å². The number of nitrogens with one attached hydrogen (secondary N) is 2. The number of halogens is 1. The summed E-state index contributed by atoms with van der Waals surface area (Å²) in [7, 11) is 0. The first kappa shape index (κ1) is 15.0. The van der Waals surface area contributed by atoms with Crippen LogP contribution in [0.1, 0.15) is 37.7 Å². The molecule has 0 saturated heterocycles. The smallest absolute Gasteiger partial charge is 0.313 e. The second-order valence-corrected chi connectivity index (χ2v) is 6.10. The minimum absolute atomic E-state index is 0.142. The van der Waals surface area contributed by atoms with Gasteiger partial charge in [-0.1, -0.05) is 25.3 Å². The molecule has 2 rings (SSSR count). The highest BCUT2D eigenvalue weighted by Crippen LogP contribution is 2.23. The molecule has 0 spiro atoms. The Morgan fingerprint density at radius 1 is 1.15 bits per heavy atom. The van der Waals surface area contributed by atoms with Crippen molar-refractivity contribution in [2.75, 3.05) is 5.32 Å². The van der Waals surface area contributed by atoms with Crippen molar-refractivity contribution in [3.05, 3.63) is 28.2 Å². The van der Waals surface area contributed by atoms with Gasteiger partial charge in [0.1, 0.15) is 0 Å². The van der Waals surface area contributed by atoms with Crippen LogP contribution in [0.25, 0.3) is 0 Å². The molecule has 2 N–H and O–H groups in total. The maximum absolute atomic E-state index is 11.9. The van der Waals surface area contributed by atoms with Crippen LogP contribution in [0.4, 0.5) is 5.69 Å². The molecule has 108 valence electrons. The molecule has 0 heterocycles. The number of rotatable bonds is 2. The highest BCUT2D eigenvalue weighted by Gasteiger charge is 2.20. The summed E-state index contributed by atoms with van der Waals surface area (Å²) in [4.78, 5) is 23.7. The first-order chi connectivity index (χ1) is 9.56. The Hall–Kier alpha value is -1.36. The normalized spacial score (nSPS) is 15.7. The van der Waals surface area contributed by atoms with Crippen molar-refractivity contribution in [2.45, 2.75) is 45.1 Å². The SMILES string of the molecule is Cc1ccc(NC(=O)C(=O)NC2CCCCC2)c(Br)c1. The summed E-state index contributed by atoms with van der Waals surface area (Å²) < 4.78 is 0.774. The summed E-state index contributed by atoms with van der Waals surface area (Å²) in [5, 5.41) is 5.43. The highest BCUT2D eigenvalue weighted by atomic mass is 79.9. The molecule has 5 heteroatoms. The van der Waals surface area contributed by atoms with Crippen molar-refractivity contribution in [1.82, 2.24) is 5.32 Å². The maximum Gasteiger partial charge on any atom is 0.313 e. The fourth-order valence-corrected chi connectivity index (χ4v) is 2.99. The first-order valence-corrected chi connectivity index (χ1v) is 7.73. The number of amides is 2. The zero-order chi connectivity index (χ0) is 14.5. The van der Waals surface area contributed by atoms with Crippen LogP contribution in [0.2, 0.25) is 0 Å². The zero-order valence-electron chi connectivity index (χ0n) is 11.5. The van der Waals surface area contributed by atoms with Crippen molar-refractivity contribution in [2.24, 2.45) is 0 Å². The average Bonchev–Trinajstić information content (AvgIpc) is 2.43. The number of aryl methyl sites for hydroxylation is 1. The lowest BCUT2D eigenvalue weighted by Crippen LogP contribution is -2.42. The Bertz CT molecular complexity index is 511. The fraction of sp³-hybridized carbons (Fsp3) is 0.467. The van der Waals surface area contributed by atoms with E-state index in [-0.39, 0.29) is 6.04 Å². The Morgan fingerprint density at radius 3 is 2.50 bits per heavy atom. The third-order valence-electron chi connectivity index (χ3n) is 3.52. The van der Waals surface area contributed by atoms with Crippen molar-refractivity contribution < 1.29 is 9.59 Å². The van der Waals surface area contributed by atoms with E-state index in [1.54, 1.807) is 6.07 Å². The molecule has 0 radical (unpaired) electrons. The minimum atomic E-state index is -0.611. The Kier molecular flexibility index (Phi) is 5.17. The van der Waals surface area contributed by atoms with E-state index in [2.05, 4.69) is 26.6 Å². The van der Waals surface area contributed by atoms with Gasteiger partial charge < -0.3 is 10.6 Å². The molecule has 1 aliphatic carbocycles. The van der Waals surface area contributed by atoms with Crippen LogP contribution in [0, 0.1) is 6.92 Å². The Labute approximate surface area is 127 Å². The van der Waals surface area contributed by atoms with E-state index in [0.717, 1.165) is 35.7 Å². The highest BCUT2D eigenvalue weighted by molar-refractivity contribution is 9.10. The van der Waals surface area contributed by atoms with Gasteiger partial charge in [-0.25, -0.2) is 0 Å². The average molecular weight is 339 g/mol. The van der Waals surface area contributed by atoms with Gasteiger partial charge in [0.2, 0.25) is 0 Å². The molecule has 1 aromatic rings. The second kappa shape index (κ2) is 6.88. The van der Waals surface area contributed by atoms with Gasteiger partial charge in [0, 0.05) is 10.5 Å². The third-order valence-corrected chi connectivity index (χ3v) is 4.18. The number of hydrogen-bond donors (Lipinski definition) is 2. The standard InChI is InChI=1S/C15H19BrN2O2/c1-10-7-8-13(12(16)9-10)18-15(20)14(19)17-11-5-3-2-4-6-11/h7-9,11H,2-6H2,1H3,(H,17,19)(H,18,20). The first-order valence-electron chi connectivity index (χ1n) is 6.94. The van der Waals surface area contributed by atoms with E-state index in [1.165, 1.54) is 6.42 Å². The Morgan fingerprint density at radius 2 is 1.85 bits per heavy atom. The molecule has 0 aromatic heterocycles. The number of carbonyl (C=O) groups excluding carboxylic acids is 2. The lowest BCUT2D eigenvalue weighted by Gasteiger charge is -2.22. The Balaban J connectivity index is 1.91. The van der Waals surface area contributed by atoms with E-state index in [1.807, 2.05) is 19.1 Å². The van der Waals surface area contributed by atoms with E-state index < -0.39 is 11.8 Å². The molecule has 0 atom stereocenters. The van der Waals surface area contributed by atoms with Gasteiger partial charge in [-0.3, -0.25) is 9.59 Å². The van der Waals surface area contributed by atoms with Gasteiger partial charge >= 0.3 is 11.8 Å². The second-order valence-electron chi connectivity index (χ2n) is 5.25. The predicted molar refractivity (Wildman–Crippen MR) is 82.5 cm³/mol. The van der Waals surface area contributed by atoms with Crippen LogP contribution < -0.4 is 10.6 Å². The van der Waals surface area contributed by atoms with Crippen LogP contribution >= 0.6 is 15.9 Å². The van der Waals surface area contributed by atoms with Gasteiger partial charge in [-0.15, -0.1) is 0 Å². The topological polar surface area (TPSA) is 58.2 Å². The van der Waals surface area contributed by atoms with Crippen molar-refractivity contribution in [3.63, 3.8) is 0 Å². The van der Waals surface area contributed by atoms with Gasteiger partial charge in [-0.05, 0) is 53.4 Å². The van der Waals surface area contributed by atoms with Crippen LogP contribution in [0.5, 0.6) is 0 Å². The summed E-state index contributed by atoms with van der Waals surface area (Å²) in [6.07, 6.45) is 5.39. The molecule has 1 saturated carbocycles. The monoisotopic (exact) mass is 338 g/mol. The maximum atomic E-state index is 11.9. The molecule has 1 aliphatic rings. The van der Waals surface area contributed by atoms with Gasteiger partial charge in [0.15, 0.2) is 0 Å². The molecule has 1 fully saturated rings. The molecule has 20 heavy (non-hydrogen) atoms. The van der Waals surface area contributed by atoms with Crippen molar-refractivity contribution in [1.29, 1.82) is 0 Å². The van der Waals surface area contributed by atoms with Gasteiger partial charge in [0.25, 0.3) is 0 Å². The summed E-state index contributed by atoms with van der Waals surface area (Å²) in [5.41, 5.74) is 1.70. The van der Waals surface area contributed by atoms with E-state index in [9.17, 15) is 9.59 Å². The van der Waals surface area contributed by atoms with E-state index in [0.29, 0.717) is 5.69 Å². The molecule has 2 amide bonds. The zero-order valence-corrected chi connectivity index (χ0v) is 13.1. The van der Waals surface area contributed by atoms with Crippen LogP contribution in [0.3, 0.4) is 0 Å². The van der Waals surface area contributed by atoms with Gasteiger partial charge in [-0.2, -0.15) is 0 Å². The fourth-order valence-electron chi connectivity index (χ4n) is 2.40. The third kappa shape index (κ3) is 4.07. The van der Waals surface area contributed by atoms with E-state index in [4.69, 9.17) is 0 Å². The molecule has 1 aromatic carbocycles. The summed E-state index contributed by atoms with van der Waals surface area (Å²) in [5.74, 6) is -1.16. The number of hydrogen-bond acceptors (Lipinski definition) is 2. The predicted octanol–water partition coefficient (Wildman–Crippen LogP) is 3.14. The molecule has 0 unspecified atom stereocenters. The van der Waals surface area contributed by atoms with Crippen LogP contribution in [0.15, 0.2) is 22.7 Å². The molecule has 0 bridgehead atoms. The number of carbonyl (C=O) groups is 2. The molecular formula is C15H19BrN2O2. The number of anilines is 1. The summed E-state index contributed by atoms with van der Waals surface area (Å²) in [6, 6.07) is 5.71. The lowest BCUT2D eigenvalue weighted by molar-refractivity contribution is -0.136. The van der Waals surface area contributed by atoms with Crippen LogP contribution in [-0.2, 0) is 9.59 Å². The quantitative estimate of drug-likeness (QED) is 0.814. The molecule has 0 aliphatic heterocycles. The van der Waals surface area contributed by atoms with Crippen LogP contribution in [-0.4, -0.2) is 17.9 Å². The van der Waals surface area contributed by atoms with Gasteiger partial charge in [0.05, 0.1) is 5.69 Å². The number of benzene rings is 1. The summed E-state index contributed by atoms with van der Waals surface area (Å²) in [6.45, 7) is 1.96. The van der Waals surface area contributed by atoms with Crippen molar-refractivity contribution >= 4 is 33.4 Å². The van der Waals surface area contributed by atoms with Crippen molar-refractivity contribution in [3.8, 4) is 0 Å². The minimum Gasteiger partial charge on any atom is -0.345 e.